The molecule has 0 spiro atoms. The predicted molar refractivity (Wildman–Crippen MR) is 50.4 cm³/mol. The third-order valence-electron chi connectivity index (χ3n) is 1.60. The van der Waals surface area contributed by atoms with Crippen molar-refractivity contribution in [2.45, 2.75) is 5.16 Å². The van der Waals surface area contributed by atoms with Crippen molar-refractivity contribution in [3.63, 3.8) is 0 Å². The molecule has 2 rings (SSSR count). The number of nitrogen functional groups attached to an aromatic ring is 1. The number of aromatic amines is 1. The molecule has 8 heteroatoms. The molecule has 0 fully saturated rings. The zero-order chi connectivity index (χ0) is 10.3. The zero-order valence-corrected chi connectivity index (χ0v) is 8.04. The Hall–Kier alpha value is -1.70. The molecule has 14 heavy (non-hydrogen) atoms. The Morgan fingerprint density at radius 2 is 2.36 bits per heavy atom. The highest BCUT2D eigenvalue weighted by atomic mass is 32.2. The van der Waals surface area contributed by atoms with Gasteiger partial charge in [0.2, 0.25) is 10.9 Å². The van der Waals surface area contributed by atoms with Crippen LogP contribution in [0.15, 0.2) is 16.0 Å². The molecule has 0 aliphatic rings. The largest absolute Gasteiger partial charge is 0.383 e. The Morgan fingerprint density at radius 3 is 3.00 bits per heavy atom. The van der Waals surface area contributed by atoms with Crippen LogP contribution in [0.25, 0.3) is 5.78 Å². The van der Waals surface area contributed by atoms with E-state index in [0.717, 1.165) is 0 Å². The van der Waals surface area contributed by atoms with E-state index in [1.165, 1.54) is 16.8 Å². The van der Waals surface area contributed by atoms with Crippen molar-refractivity contribution in [2.24, 2.45) is 0 Å². The Labute approximate surface area is 80.4 Å². The second kappa shape index (κ2) is 2.91. The highest BCUT2D eigenvalue weighted by molar-refractivity contribution is 7.84. The van der Waals surface area contributed by atoms with Crippen molar-refractivity contribution in [2.75, 3.05) is 12.0 Å². The number of nitrogens with two attached hydrogens (primary N) is 1. The van der Waals surface area contributed by atoms with Crippen molar-refractivity contribution >= 4 is 22.4 Å². The smallest absolute Gasteiger partial charge is 0.254 e. The lowest BCUT2D eigenvalue weighted by Gasteiger charge is -1.93. The summed E-state index contributed by atoms with van der Waals surface area (Å²) in [7, 11) is -1.30. The second-order valence-electron chi connectivity index (χ2n) is 2.64. The van der Waals surface area contributed by atoms with Gasteiger partial charge in [0.05, 0.1) is 10.8 Å². The number of fused-ring (bicyclic) bond motifs is 1. The van der Waals surface area contributed by atoms with Crippen LogP contribution in [0.3, 0.4) is 0 Å². The molecule has 0 saturated heterocycles. The van der Waals surface area contributed by atoms with Crippen molar-refractivity contribution in [3.8, 4) is 0 Å². The summed E-state index contributed by atoms with van der Waals surface area (Å²) in [6.07, 6.45) is 1.45. The molecular formula is C6H7N5O2S. The fourth-order valence-corrected chi connectivity index (χ4v) is 1.43. The van der Waals surface area contributed by atoms with Gasteiger partial charge in [0.25, 0.3) is 5.56 Å². The molecule has 7 nitrogen and oxygen atoms in total. The van der Waals surface area contributed by atoms with Gasteiger partial charge >= 0.3 is 0 Å². The van der Waals surface area contributed by atoms with Gasteiger partial charge in [-0.15, -0.1) is 5.10 Å². The lowest BCUT2D eigenvalue weighted by molar-refractivity contribution is 0.679. The van der Waals surface area contributed by atoms with Crippen molar-refractivity contribution in [1.29, 1.82) is 0 Å². The van der Waals surface area contributed by atoms with Crippen LogP contribution in [0, 0.1) is 0 Å². The second-order valence-corrected chi connectivity index (χ2v) is 3.92. The Balaban J connectivity index is 2.83. The van der Waals surface area contributed by atoms with Gasteiger partial charge in [-0.05, 0) is 0 Å². The van der Waals surface area contributed by atoms with E-state index in [2.05, 4.69) is 15.1 Å². The van der Waals surface area contributed by atoms with E-state index in [-0.39, 0.29) is 22.3 Å². The van der Waals surface area contributed by atoms with Gasteiger partial charge in [-0.25, -0.2) is 0 Å². The maximum absolute atomic E-state index is 11.1. The van der Waals surface area contributed by atoms with Gasteiger partial charge in [0.15, 0.2) is 0 Å². The molecule has 0 aliphatic heterocycles. The number of hydrogen-bond donors (Lipinski definition) is 2. The summed E-state index contributed by atoms with van der Waals surface area (Å²) in [4.78, 5) is 17.3. The minimum absolute atomic E-state index is 0.138. The summed E-state index contributed by atoms with van der Waals surface area (Å²) < 4.78 is 12.3. The summed E-state index contributed by atoms with van der Waals surface area (Å²) in [6, 6.07) is 1.18. The fourth-order valence-electron chi connectivity index (χ4n) is 1.02. The SMILES string of the molecule is C[S@](=O)c1nc2[nH]c(=O)cc(N)n2n1. The molecule has 0 amide bonds. The predicted octanol–water partition coefficient (Wildman–Crippen LogP) is -1.26. The monoisotopic (exact) mass is 213 g/mol. The molecule has 2 aromatic rings. The van der Waals surface area contributed by atoms with Crippen LogP contribution in [0.1, 0.15) is 0 Å². The summed E-state index contributed by atoms with van der Waals surface area (Å²) in [5, 5.41) is 4.00. The van der Waals surface area contributed by atoms with E-state index < -0.39 is 10.8 Å². The number of H-pyrrole nitrogens is 1. The van der Waals surface area contributed by atoms with Crippen LogP contribution in [0.2, 0.25) is 0 Å². The van der Waals surface area contributed by atoms with Crippen LogP contribution in [0.4, 0.5) is 5.82 Å². The third-order valence-corrected chi connectivity index (χ3v) is 2.29. The topological polar surface area (TPSA) is 106 Å². The number of rotatable bonds is 1. The fraction of sp³-hybridized carbons (Fsp3) is 0.167. The minimum Gasteiger partial charge on any atom is -0.383 e. The quantitative estimate of drug-likeness (QED) is 0.614. The molecule has 74 valence electrons. The highest BCUT2D eigenvalue weighted by Crippen LogP contribution is 2.03. The number of anilines is 1. The van der Waals surface area contributed by atoms with E-state index in [0.29, 0.717) is 0 Å². The molecule has 0 saturated carbocycles. The first kappa shape index (κ1) is 8.88. The zero-order valence-electron chi connectivity index (χ0n) is 7.22. The van der Waals surface area contributed by atoms with Gasteiger partial charge < -0.3 is 5.73 Å². The van der Waals surface area contributed by atoms with Gasteiger partial charge in [-0.2, -0.15) is 9.50 Å². The third kappa shape index (κ3) is 1.29. The molecular weight excluding hydrogens is 206 g/mol. The van der Waals surface area contributed by atoms with Gasteiger partial charge in [0, 0.05) is 12.3 Å². The molecule has 0 unspecified atom stereocenters. The van der Waals surface area contributed by atoms with E-state index in [1.54, 1.807) is 0 Å². The first-order chi connectivity index (χ1) is 6.58. The highest BCUT2D eigenvalue weighted by Gasteiger charge is 2.09. The number of nitrogens with one attached hydrogen (secondary N) is 1. The Kier molecular flexibility index (Phi) is 1.84. The Morgan fingerprint density at radius 1 is 1.64 bits per heavy atom. The average molecular weight is 213 g/mol. The van der Waals surface area contributed by atoms with Crippen molar-refractivity contribution < 1.29 is 4.21 Å². The summed E-state index contributed by atoms with van der Waals surface area (Å²) in [5.41, 5.74) is 5.15. The van der Waals surface area contributed by atoms with Gasteiger partial charge in [-0.1, -0.05) is 0 Å². The van der Waals surface area contributed by atoms with Crippen molar-refractivity contribution in [1.82, 2.24) is 19.6 Å². The van der Waals surface area contributed by atoms with Crippen LogP contribution >= 0.6 is 0 Å². The van der Waals surface area contributed by atoms with Crippen LogP contribution < -0.4 is 11.3 Å². The summed E-state index contributed by atoms with van der Waals surface area (Å²) >= 11 is 0. The summed E-state index contributed by atoms with van der Waals surface area (Å²) in [5.74, 6) is 0.355. The van der Waals surface area contributed by atoms with E-state index >= 15 is 0 Å². The molecule has 0 aromatic carbocycles. The van der Waals surface area contributed by atoms with E-state index in [9.17, 15) is 9.00 Å². The molecule has 2 aromatic heterocycles. The van der Waals surface area contributed by atoms with Crippen LogP contribution in [-0.4, -0.2) is 30.0 Å². The Bertz CT molecular complexity index is 571. The molecule has 0 aliphatic carbocycles. The maximum atomic E-state index is 11.1. The normalized spacial score (nSPS) is 13.2. The lowest BCUT2D eigenvalue weighted by atomic mass is 10.6. The van der Waals surface area contributed by atoms with Crippen molar-refractivity contribution in [3.05, 3.63) is 16.4 Å². The number of aromatic nitrogens is 4. The van der Waals surface area contributed by atoms with E-state index in [1.807, 2.05) is 0 Å². The number of hydrogen-bond acceptors (Lipinski definition) is 5. The van der Waals surface area contributed by atoms with Gasteiger partial charge in [0.1, 0.15) is 5.82 Å². The van der Waals surface area contributed by atoms with Crippen LogP contribution in [0.5, 0.6) is 0 Å². The molecule has 1 atom stereocenters. The molecule has 3 N–H and O–H groups in total. The first-order valence-electron chi connectivity index (χ1n) is 3.67. The standard InChI is InChI=1S/C6H7N5O2S/c1-14(13)6-9-5-8-4(12)2-3(7)11(5)10-6/h2H,7H2,1H3,(H,8,9,10,12)/t14-/m0/s1. The average Bonchev–Trinajstić information content (AvgIpc) is 2.47. The first-order valence-corrected chi connectivity index (χ1v) is 5.23. The maximum Gasteiger partial charge on any atom is 0.254 e. The summed E-state index contributed by atoms with van der Waals surface area (Å²) in [6.45, 7) is 0. The number of nitrogens with zero attached hydrogens (tertiary/aromatic N) is 3. The van der Waals surface area contributed by atoms with Crippen LogP contribution in [-0.2, 0) is 10.8 Å². The molecule has 2 heterocycles. The lowest BCUT2D eigenvalue weighted by Crippen LogP contribution is -2.11. The molecule has 0 radical (unpaired) electrons. The van der Waals surface area contributed by atoms with E-state index in [4.69, 9.17) is 5.73 Å². The van der Waals surface area contributed by atoms with Gasteiger partial charge in [-0.3, -0.25) is 14.0 Å². The molecule has 0 bridgehead atoms. The minimum atomic E-state index is -1.30.